The van der Waals surface area contributed by atoms with Crippen molar-refractivity contribution in [2.24, 2.45) is 5.73 Å². The van der Waals surface area contributed by atoms with E-state index in [1.165, 1.54) is 47.3 Å². The molecule has 0 radical (unpaired) electrons. The minimum Gasteiger partial charge on any atom is -0.454 e. The van der Waals surface area contributed by atoms with Crippen LogP contribution in [0, 0.1) is 5.82 Å². The lowest BCUT2D eigenvalue weighted by atomic mass is 10.1. The molecule has 0 fully saturated rings. The molecule has 2 heterocycles. The minimum absolute atomic E-state index is 0.0586. The number of nitrogens with two attached hydrogens (primary N) is 1. The number of urea groups is 1. The maximum Gasteiger partial charge on any atom is 0.344 e. The molecular weight excluding hydrogens is 429 g/mol. The van der Waals surface area contributed by atoms with E-state index in [0.717, 1.165) is 0 Å². The highest BCUT2D eigenvalue weighted by atomic mass is 19.1. The second-order valence-corrected chi connectivity index (χ2v) is 6.90. The quantitative estimate of drug-likeness (QED) is 0.332. The molecule has 4 aromatic rings. The van der Waals surface area contributed by atoms with E-state index in [9.17, 15) is 18.8 Å². The van der Waals surface area contributed by atoms with E-state index in [1.807, 2.05) is 0 Å². The summed E-state index contributed by atoms with van der Waals surface area (Å²) in [6.45, 7) is -0.516. The molecule has 10 heteroatoms. The van der Waals surface area contributed by atoms with E-state index in [-0.39, 0.29) is 22.6 Å². The fourth-order valence-corrected chi connectivity index (χ4v) is 3.18. The van der Waals surface area contributed by atoms with E-state index in [2.05, 4.69) is 10.4 Å². The van der Waals surface area contributed by atoms with Crippen LogP contribution in [0.15, 0.2) is 79.3 Å². The third-order valence-corrected chi connectivity index (χ3v) is 4.70. The van der Waals surface area contributed by atoms with Crippen molar-refractivity contribution in [3.05, 3.63) is 96.2 Å². The normalized spacial score (nSPS) is 10.6. The molecule has 0 aliphatic heterocycles. The van der Waals surface area contributed by atoms with Crippen LogP contribution in [0.25, 0.3) is 11.5 Å². The summed E-state index contributed by atoms with van der Waals surface area (Å²) < 4.78 is 22.5. The monoisotopic (exact) mass is 447 g/mol. The van der Waals surface area contributed by atoms with Crippen LogP contribution in [0.1, 0.15) is 20.7 Å². The number of hydrogen-bond acceptors (Lipinski definition) is 5. The predicted octanol–water partition coefficient (Wildman–Crippen LogP) is 3.33. The molecule has 0 saturated heterocycles. The Labute approximate surface area is 187 Å². The molecule has 0 unspecified atom stereocenters. The van der Waals surface area contributed by atoms with Gasteiger partial charge in [0.1, 0.15) is 17.1 Å². The highest BCUT2D eigenvalue weighted by Crippen LogP contribution is 2.22. The van der Waals surface area contributed by atoms with Crippen molar-refractivity contribution in [2.75, 3.05) is 11.9 Å². The first kappa shape index (κ1) is 21.5. The Morgan fingerprint density at radius 2 is 1.70 bits per heavy atom. The van der Waals surface area contributed by atoms with Crippen LogP contribution in [0.4, 0.5) is 14.9 Å². The van der Waals surface area contributed by atoms with Crippen LogP contribution in [-0.2, 0) is 4.74 Å². The lowest BCUT2D eigenvalue weighted by Crippen LogP contribution is -2.19. The summed E-state index contributed by atoms with van der Waals surface area (Å²) in [6.07, 6.45) is 4.62. The molecule has 0 bridgehead atoms. The molecule has 0 aliphatic rings. The Balaban J connectivity index is 1.55. The number of nitrogens with one attached hydrogen (secondary N) is 1. The summed E-state index contributed by atoms with van der Waals surface area (Å²) in [6, 6.07) is 14.7. The maximum absolute atomic E-state index is 14.4. The zero-order valence-electron chi connectivity index (χ0n) is 17.1. The van der Waals surface area contributed by atoms with Gasteiger partial charge in [0.2, 0.25) is 0 Å². The number of amides is 2. The lowest BCUT2D eigenvalue weighted by molar-refractivity contribution is 0.0474. The minimum atomic E-state index is -0.790. The van der Waals surface area contributed by atoms with Crippen molar-refractivity contribution in [1.82, 2.24) is 14.3 Å². The SMILES string of the molecule is NC(=O)Nc1ccc(C(=O)COC(=O)c2cnn(-c3ccccc3F)c2-n2cccc2)cc1. The van der Waals surface area contributed by atoms with Crippen molar-refractivity contribution in [2.45, 2.75) is 0 Å². The third kappa shape index (κ3) is 4.64. The van der Waals surface area contributed by atoms with Crippen LogP contribution >= 0.6 is 0 Å². The van der Waals surface area contributed by atoms with Gasteiger partial charge in [-0.3, -0.25) is 4.79 Å². The van der Waals surface area contributed by atoms with E-state index >= 15 is 0 Å². The molecule has 33 heavy (non-hydrogen) atoms. The number of benzene rings is 2. The van der Waals surface area contributed by atoms with E-state index in [1.54, 1.807) is 41.2 Å². The summed E-state index contributed by atoms with van der Waals surface area (Å²) in [5.74, 6) is -1.48. The van der Waals surface area contributed by atoms with Gasteiger partial charge < -0.3 is 20.4 Å². The number of halogens is 1. The van der Waals surface area contributed by atoms with E-state index < -0.39 is 30.2 Å². The highest BCUT2D eigenvalue weighted by Gasteiger charge is 2.23. The summed E-state index contributed by atoms with van der Waals surface area (Å²) in [4.78, 5) is 36.1. The standard InChI is InChI=1S/C23H18FN5O4/c24-18-5-1-2-6-19(18)29-21(28-11-3-4-12-28)17(13-26-29)22(31)33-14-20(30)15-7-9-16(10-8-15)27-23(25)32/h1-13H,14H2,(H3,25,27,32). The number of ether oxygens (including phenoxy) is 1. The number of aromatic nitrogens is 3. The molecule has 0 aliphatic carbocycles. The van der Waals surface area contributed by atoms with Crippen LogP contribution in [0.5, 0.6) is 0 Å². The summed E-state index contributed by atoms with van der Waals surface area (Å²) in [7, 11) is 0. The first-order chi connectivity index (χ1) is 15.9. The lowest BCUT2D eigenvalue weighted by Gasteiger charge is -2.11. The molecule has 0 spiro atoms. The second-order valence-electron chi connectivity index (χ2n) is 6.90. The molecule has 0 saturated carbocycles. The molecule has 2 amide bonds. The molecule has 4 rings (SSSR count). The zero-order chi connectivity index (χ0) is 23.4. The number of rotatable bonds is 7. The molecule has 2 aromatic heterocycles. The molecule has 0 atom stereocenters. The van der Waals surface area contributed by atoms with Crippen molar-refractivity contribution < 1.29 is 23.5 Å². The topological polar surface area (TPSA) is 121 Å². The average molecular weight is 447 g/mol. The Morgan fingerprint density at radius 3 is 2.36 bits per heavy atom. The number of carbonyl (C=O) groups excluding carboxylic acids is 3. The van der Waals surface area contributed by atoms with Gasteiger partial charge in [-0.15, -0.1) is 0 Å². The number of hydrogen-bond donors (Lipinski definition) is 2. The van der Waals surface area contributed by atoms with E-state index in [4.69, 9.17) is 10.5 Å². The van der Waals surface area contributed by atoms with Gasteiger partial charge >= 0.3 is 12.0 Å². The fraction of sp³-hybridized carbons (Fsp3) is 0.0435. The number of primary amides is 1. The summed E-state index contributed by atoms with van der Waals surface area (Å²) >= 11 is 0. The fourth-order valence-electron chi connectivity index (χ4n) is 3.18. The number of anilines is 1. The summed E-state index contributed by atoms with van der Waals surface area (Å²) in [5, 5.41) is 6.55. The number of carbonyl (C=O) groups is 3. The van der Waals surface area contributed by atoms with Crippen molar-refractivity contribution in [3.63, 3.8) is 0 Å². The smallest absolute Gasteiger partial charge is 0.344 e. The maximum atomic E-state index is 14.4. The number of esters is 1. The van der Waals surface area contributed by atoms with Crippen molar-refractivity contribution in [3.8, 4) is 11.5 Å². The predicted molar refractivity (Wildman–Crippen MR) is 117 cm³/mol. The van der Waals surface area contributed by atoms with Gasteiger partial charge in [-0.2, -0.15) is 5.10 Å². The number of Topliss-reactive ketones (excluding diaryl/α,β-unsaturated/α-hetero) is 1. The molecule has 3 N–H and O–H groups in total. The van der Waals surface area contributed by atoms with Gasteiger partial charge in [0, 0.05) is 23.6 Å². The molecular formula is C23H18FN5O4. The number of ketones is 1. The zero-order valence-corrected chi connectivity index (χ0v) is 17.1. The van der Waals surface area contributed by atoms with Crippen LogP contribution in [0.2, 0.25) is 0 Å². The van der Waals surface area contributed by atoms with Gasteiger partial charge in [-0.05, 0) is 48.5 Å². The van der Waals surface area contributed by atoms with Gasteiger partial charge in [0.05, 0.1) is 6.20 Å². The van der Waals surface area contributed by atoms with Crippen molar-refractivity contribution in [1.29, 1.82) is 0 Å². The van der Waals surface area contributed by atoms with Gasteiger partial charge in [-0.1, -0.05) is 12.1 Å². The first-order valence-corrected chi connectivity index (χ1v) is 9.77. The van der Waals surface area contributed by atoms with Crippen molar-refractivity contribution >= 4 is 23.5 Å². The molecule has 9 nitrogen and oxygen atoms in total. The Kier molecular flexibility index (Phi) is 5.98. The highest BCUT2D eigenvalue weighted by molar-refractivity contribution is 6.00. The Hall–Kier alpha value is -4.73. The van der Waals surface area contributed by atoms with Crippen LogP contribution in [-0.4, -0.2) is 38.7 Å². The Morgan fingerprint density at radius 1 is 1.00 bits per heavy atom. The van der Waals surface area contributed by atoms with Gasteiger partial charge in [-0.25, -0.2) is 18.7 Å². The van der Waals surface area contributed by atoms with Crippen LogP contribution < -0.4 is 11.1 Å². The van der Waals surface area contributed by atoms with Crippen LogP contribution in [0.3, 0.4) is 0 Å². The summed E-state index contributed by atoms with van der Waals surface area (Å²) in [5.41, 5.74) is 5.97. The number of para-hydroxylation sites is 1. The van der Waals surface area contributed by atoms with Gasteiger partial charge in [0.25, 0.3) is 0 Å². The number of nitrogens with zero attached hydrogens (tertiary/aromatic N) is 3. The Bertz CT molecular complexity index is 1310. The molecule has 166 valence electrons. The van der Waals surface area contributed by atoms with Gasteiger partial charge in [0.15, 0.2) is 18.2 Å². The third-order valence-electron chi connectivity index (χ3n) is 4.70. The largest absolute Gasteiger partial charge is 0.454 e. The van der Waals surface area contributed by atoms with E-state index in [0.29, 0.717) is 5.69 Å². The molecule has 2 aromatic carbocycles. The second kappa shape index (κ2) is 9.18. The first-order valence-electron chi connectivity index (χ1n) is 9.77. The average Bonchev–Trinajstić information content (AvgIpc) is 3.47.